The Morgan fingerprint density at radius 1 is 1.50 bits per heavy atom. The minimum Gasteiger partial charge on any atom is -0.494 e. The van der Waals surface area contributed by atoms with Crippen LogP contribution in [-0.4, -0.2) is 32.0 Å². The molecule has 0 aromatic heterocycles. The number of rotatable bonds is 4. The number of benzene rings is 1. The highest BCUT2D eigenvalue weighted by Crippen LogP contribution is 2.29. The molecule has 1 aromatic rings. The maximum Gasteiger partial charge on any atom is 0.411 e. The Morgan fingerprint density at radius 2 is 2.22 bits per heavy atom. The van der Waals surface area contributed by atoms with E-state index in [0.29, 0.717) is 23.0 Å². The zero-order chi connectivity index (χ0) is 13.5. The molecular formula is C11H14ClN3O3. The molecule has 0 aliphatic carbocycles. The highest BCUT2D eigenvalue weighted by atomic mass is 35.5. The lowest BCUT2D eigenvalue weighted by molar-refractivity contribution is 0.187. The second-order valence-electron chi connectivity index (χ2n) is 3.24. The minimum absolute atomic E-state index is 0.143. The highest BCUT2D eigenvalue weighted by Gasteiger charge is 2.08. The van der Waals surface area contributed by atoms with E-state index in [0.717, 1.165) is 0 Å². The van der Waals surface area contributed by atoms with Crippen LogP contribution in [-0.2, 0) is 4.74 Å². The van der Waals surface area contributed by atoms with Crippen LogP contribution < -0.4 is 15.8 Å². The third kappa shape index (κ3) is 3.81. The van der Waals surface area contributed by atoms with Gasteiger partial charge in [-0.1, -0.05) is 0 Å². The first kappa shape index (κ1) is 14.1. The molecule has 0 aliphatic rings. The molecule has 0 fully saturated rings. The Balaban J connectivity index is 3.00. The Labute approximate surface area is 110 Å². The van der Waals surface area contributed by atoms with E-state index in [4.69, 9.17) is 22.1 Å². The fourth-order valence-electron chi connectivity index (χ4n) is 1.21. The van der Waals surface area contributed by atoms with Crippen LogP contribution in [0.25, 0.3) is 0 Å². The summed E-state index contributed by atoms with van der Waals surface area (Å²) in [5.41, 5.74) is 6.59. The Hall–Kier alpha value is -1.95. The zero-order valence-corrected chi connectivity index (χ0v) is 10.8. The molecule has 0 spiro atoms. The number of aliphatic imine (C=N–C) groups is 1. The van der Waals surface area contributed by atoms with Crippen molar-refractivity contribution in [2.45, 2.75) is 0 Å². The van der Waals surface area contributed by atoms with Gasteiger partial charge < -0.3 is 15.2 Å². The van der Waals surface area contributed by atoms with Crippen LogP contribution >= 0.6 is 11.6 Å². The summed E-state index contributed by atoms with van der Waals surface area (Å²) in [5, 5.41) is 2.51. The Morgan fingerprint density at radius 3 is 2.78 bits per heavy atom. The lowest BCUT2D eigenvalue weighted by atomic mass is 10.2. The summed E-state index contributed by atoms with van der Waals surface area (Å²) in [6, 6.07) is 4.94. The number of amidine groups is 1. The Kier molecular flexibility index (Phi) is 5.26. The van der Waals surface area contributed by atoms with Crippen LogP contribution in [0.5, 0.6) is 5.75 Å². The standard InChI is InChI=1S/C11H14ClN3O3/c1-17-9-5-7(14-10(13)6-12)3-4-8(9)15-11(16)18-2/h3-5H,6H2,1-2H3,(H2,13,14)(H,15,16). The number of alkyl halides is 1. The molecule has 7 heteroatoms. The molecule has 0 unspecified atom stereocenters. The number of amides is 1. The number of halogens is 1. The highest BCUT2D eigenvalue weighted by molar-refractivity contribution is 6.28. The van der Waals surface area contributed by atoms with Crippen LogP contribution in [0.4, 0.5) is 16.2 Å². The van der Waals surface area contributed by atoms with Gasteiger partial charge in [0, 0.05) is 6.07 Å². The van der Waals surface area contributed by atoms with Crippen molar-refractivity contribution in [3.8, 4) is 5.75 Å². The van der Waals surface area contributed by atoms with E-state index in [1.54, 1.807) is 18.2 Å². The molecule has 0 radical (unpaired) electrons. The van der Waals surface area contributed by atoms with E-state index in [-0.39, 0.29) is 5.88 Å². The van der Waals surface area contributed by atoms with Gasteiger partial charge in [-0.3, -0.25) is 5.32 Å². The summed E-state index contributed by atoms with van der Waals surface area (Å²) < 4.78 is 9.63. The van der Waals surface area contributed by atoms with Crippen molar-refractivity contribution in [2.24, 2.45) is 10.7 Å². The molecule has 0 heterocycles. The second-order valence-corrected chi connectivity index (χ2v) is 3.51. The molecule has 1 amide bonds. The Bertz CT molecular complexity index is 463. The van der Waals surface area contributed by atoms with Crippen molar-refractivity contribution in [2.75, 3.05) is 25.4 Å². The average Bonchev–Trinajstić information content (AvgIpc) is 2.39. The van der Waals surface area contributed by atoms with Crippen molar-refractivity contribution < 1.29 is 14.3 Å². The molecule has 6 nitrogen and oxygen atoms in total. The summed E-state index contributed by atoms with van der Waals surface area (Å²) >= 11 is 5.53. The third-order valence-corrected chi connectivity index (χ3v) is 2.29. The number of nitrogens with one attached hydrogen (secondary N) is 1. The molecular weight excluding hydrogens is 258 g/mol. The second kappa shape index (κ2) is 6.70. The number of carbonyl (C=O) groups is 1. The number of hydrogen-bond donors (Lipinski definition) is 2. The molecule has 0 saturated carbocycles. The van der Waals surface area contributed by atoms with Gasteiger partial charge in [0.05, 0.1) is 31.5 Å². The minimum atomic E-state index is -0.579. The van der Waals surface area contributed by atoms with Crippen LogP contribution in [0.1, 0.15) is 0 Å². The normalized spacial score (nSPS) is 10.9. The predicted octanol–water partition coefficient (Wildman–Crippen LogP) is 2.10. The van der Waals surface area contributed by atoms with Gasteiger partial charge in [0.1, 0.15) is 11.6 Å². The van der Waals surface area contributed by atoms with Gasteiger partial charge in [-0.05, 0) is 12.1 Å². The maximum atomic E-state index is 11.1. The summed E-state index contributed by atoms with van der Waals surface area (Å²) in [7, 11) is 2.76. The van der Waals surface area contributed by atoms with Gasteiger partial charge in [-0.2, -0.15) is 0 Å². The summed E-state index contributed by atoms with van der Waals surface area (Å²) in [6.07, 6.45) is -0.579. The van der Waals surface area contributed by atoms with Gasteiger partial charge in [0.25, 0.3) is 0 Å². The van der Waals surface area contributed by atoms with Gasteiger partial charge in [-0.25, -0.2) is 9.79 Å². The van der Waals surface area contributed by atoms with Crippen LogP contribution in [0.15, 0.2) is 23.2 Å². The average molecular weight is 272 g/mol. The molecule has 0 atom stereocenters. The van der Waals surface area contributed by atoms with Crippen molar-refractivity contribution in [3.63, 3.8) is 0 Å². The lowest BCUT2D eigenvalue weighted by Gasteiger charge is -2.09. The number of carbonyl (C=O) groups excluding carboxylic acids is 1. The van der Waals surface area contributed by atoms with Crippen molar-refractivity contribution in [1.29, 1.82) is 0 Å². The molecule has 98 valence electrons. The predicted molar refractivity (Wildman–Crippen MR) is 71.0 cm³/mol. The van der Waals surface area contributed by atoms with Crippen LogP contribution in [0.3, 0.4) is 0 Å². The summed E-state index contributed by atoms with van der Waals surface area (Å²) in [6.45, 7) is 0. The molecule has 1 rings (SSSR count). The number of nitrogens with two attached hydrogens (primary N) is 1. The van der Waals surface area contributed by atoms with E-state index in [1.807, 2.05) is 0 Å². The number of nitrogens with zero attached hydrogens (tertiary/aromatic N) is 1. The quantitative estimate of drug-likeness (QED) is 0.499. The van der Waals surface area contributed by atoms with E-state index in [9.17, 15) is 4.79 Å². The number of hydrogen-bond acceptors (Lipinski definition) is 4. The summed E-state index contributed by atoms with van der Waals surface area (Å²) in [5.74, 6) is 0.890. The first-order chi connectivity index (χ1) is 8.60. The maximum absolute atomic E-state index is 11.1. The van der Waals surface area contributed by atoms with E-state index < -0.39 is 6.09 Å². The molecule has 0 aliphatic heterocycles. The zero-order valence-electron chi connectivity index (χ0n) is 10.1. The smallest absolute Gasteiger partial charge is 0.411 e. The molecule has 0 saturated heterocycles. The molecule has 0 bridgehead atoms. The van der Waals surface area contributed by atoms with Gasteiger partial charge >= 0.3 is 6.09 Å². The third-order valence-electron chi connectivity index (χ3n) is 2.02. The summed E-state index contributed by atoms with van der Waals surface area (Å²) in [4.78, 5) is 15.2. The number of methoxy groups -OCH3 is 2. The molecule has 1 aromatic carbocycles. The number of ether oxygens (including phenoxy) is 2. The van der Waals surface area contributed by atoms with Crippen LogP contribution in [0.2, 0.25) is 0 Å². The molecule has 18 heavy (non-hydrogen) atoms. The van der Waals surface area contributed by atoms with E-state index >= 15 is 0 Å². The topological polar surface area (TPSA) is 85.9 Å². The number of anilines is 1. The molecule has 3 N–H and O–H groups in total. The fraction of sp³-hybridized carbons (Fsp3) is 0.273. The van der Waals surface area contributed by atoms with Gasteiger partial charge in [-0.15, -0.1) is 11.6 Å². The lowest BCUT2D eigenvalue weighted by Crippen LogP contribution is -2.12. The van der Waals surface area contributed by atoms with E-state index in [1.165, 1.54) is 14.2 Å². The largest absolute Gasteiger partial charge is 0.494 e. The van der Waals surface area contributed by atoms with Crippen LogP contribution in [0, 0.1) is 0 Å². The van der Waals surface area contributed by atoms with Gasteiger partial charge in [0.15, 0.2) is 0 Å². The van der Waals surface area contributed by atoms with Crippen molar-refractivity contribution >= 4 is 34.9 Å². The monoisotopic (exact) mass is 271 g/mol. The first-order valence-corrected chi connectivity index (χ1v) is 5.56. The van der Waals surface area contributed by atoms with Crippen molar-refractivity contribution in [1.82, 2.24) is 0 Å². The van der Waals surface area contributed by atoms with Crippen molar-refractivity contribution in [3.05, 3.63) is 18.2 Å². The van der Waals surface area contributed by atoms with E-state index in [2.05, 4.69) is 15.0 Å². The van der Waals surface area contributed by atoms with Gasteiger partial charge in [0.2, 0.25) is 0 Å². The SMILES string of the molecule is COC(=O)Nc1ccc(N=C(N)CCl)cc1OC. The first-order valence-electron chi connectivity index (χ1n) is 5.02. The fourth-order valence-corrected chi connectivity index (χ4v) is 1.27.